The Labute approximate surface area is 173 Å². The highest BCUT2D eigenvalue weighted by Gasteiger charge is 2.06. The number of thiophene rings is 1. The molecule has 1 rings (SSSR count). The van der Waals surface area contributed by atoms with Gasteiger partial charge in [-0.25, -0.2) is 0 Å². The van der Waals surface area contributed by atoms with Gasteiger partial charge in [0.05, 0.1) is 4.88 Å². The lowest BCUT2D eigenvalue weighted by molar-refractivity contribution is 0.0957. The molecule has 7 heteroatoms. The van der Waals surface area contributed by atoms with Crippen LogP contribution in [-0.2, 0) is 0 Å². The maximum absolute atomic E-state index is 11.8. The van der Waals surface area contributed by atoms with Crippen LogP contribution in [0.25, 0.3) is 0 Å². The minimum absolute atomic E-state index is 0. The summed E-state index contributed by atoms with van der Waals surface area (Å²) >= 11 is 1.46. The molecule has 0 saturated heterocycles. The molecule has 0 unspecified atom stereocenters. The minimum atomic E-state index is 0. The Balaban J connectivity index is 0.00000576. The Morgan fingerprint density at radius 3 is 2.68 bits per heavy atom. The molecule has 5 nitrogen and oxygen atoms in total. The van der Waals surface area contributed by atoms with E-state index >= 15 is 0 Å². The van der Waals surface area contributed by atoms with E-state index in [-0.39, 0.29) is 29.9 Å². The van der Waals surface area contributed by atoms with Crippen molar-refractivity contribution in [2.75, 3.05) is 33.7 Å². The number of amides is 1. The summed E-state index contributed by atoms with van der Waals surface area (Å²) in [4.78, 5) is 19.0. The molecule has 0 fully saturated rings. The fraction of sp³-hybridized carbons (Fsp3) is 0.556. The molecule has 0 aliphatic heterocycles. The second kappa shape index (κ2) is 15.2. The van der Waals surface area contributed by atoms with E-state index in [0.29, 0.717) is 6.54 Å². The quantitative estimate of drug-likeness (QED) is 0.168. The third-order valence-corrected chi connectivity index (χ3v) is 4.51. The molecule has 0 atom stereocenters. The molecule has 1 aromatic rings. The van der Waals surface area contributed by atoms with E-state index in [2.05, 4.69) is 34.2 Å². The smallest absolute Gasteiger partial charge is 0.261 e. The molecule has 1 aromatic heterocycles. The number of nitrogens with zero attached hydrogens (tertiary/aromatic N) is 2. The molecular formula is C18H31IN4OS. The molecule has 0 spiro atoms. The van der Waals surface area contributed by atoms with Crippen molar-refractivity contribution in [3.05, 3.63) is 35.0 Å². The summed E-state index contributed by atoms with van der Waals surface area (Å²) in [5.41, 5.74) is 0. The lowest BCUT2D eigenvalue weighted by atomic mass is 10.2. The number of carbonyl (C=O) groups excluding carboxylic acids is 1. The number of halogens is 1. The highest BCUT2D eigenvalue weighted by atomic mass is 127. The molecule has 1 amide bonds. The first-order valence-electron chi connectivity index (χ1n) is 8.53. The van der Waals surface area contributed by atoms with Crippen LogP contribution in [0.2, 0.25) is 0 Å². The molecule has 0 radical (unpaired) electrons. The van der Waals surface area contributed by atoms with Crippen molar-refractivity contribution in [3.63, 3.8) is 0 Å². The van der Waals surface area contributed by atoms with Crippen LogP contribution in [0.15, 0.2) is 35.2 Å². The number of guanidine groups is 1. The van der Waals surface area contributed by atoms with Crippen LogP contribution in [0.1, 0.15) is 41.8 Å². The van der Waals surface area contributed by atoms with E-state index in [1.807, 2.05) is 23.6 Å². The third kappa shape index (κ3) is 10.5. The topological polar surface area (TPSA) is 56.7 Å². The van der Waals surface area contributed by atoms with Crippen LogP contribution in [-0.4, -0.2) is 50.5 Å². The van der Waals surface area contributed by atoms with Gasteiger partial charge in [-0.2, -0.15) is 0 Å². The first-order chi connectivity index (χ1) is 11.7. The van der Waals surface area contributed by atoms with Gasteiger partial charge in [0.25, 0.3) is 5.91 Å². The number of unbranched alkanes of at least 4 members (excludes halogenated alkanes) is 3. The summed E-state index contributed by atoms with van der Waals surface area (Å²) < 4.78 is 0. The van der Waals surface area contributed by atoms with Crippen molar-refractivity contribution < 1.29 is 4.79 Å². The number of hydrogen-bond acceptors (Lipinski definition) is 3. The number of aliphatic imine (C=N–C) groups is 1. The van der Waals surface area contributed by atoms with Gasteiger partial charge in [0.1, 0.15) is 0 Å². The van der Waals surface area contributed by atoms with Crippen molar-refractivity contribution in [2.45, 2.75) is 32.1 Å². The average Bonchev–Trinajstić information content (AvgIpc) is 3.12. The standard InChI is InChI=1S/C18H30N4OS.HI/c1-4-5-6-7-8-14-22(3)18(19-2)21-13-10-12-20-17(23)16-11-9-15-24-16;/h4,9,11,15H,1,5-8,10,12-14H2,2-3H3,(H,19,21)(H,20,23);1H. The molecular weight excluding hydrogens is 447 g/mol. The molecule has 0 aliphatic carbocycles. The Morgan fingerprint density at radius 2 is 2.04 bits per heavy atom. The number of rotatable bonds is 11. The molecule has 0 bridgehead atoms. The van der Waals surface area contributed by atoms with Crippen molar-refractivity contribution in [3.8, 4) is 0 Å². The van der Waals surface area contributed by atoms with Crippen molar-refractivity contribution in [1.82, 2.24) is 15.5 Å². The lowest BCUT2D eigenvalue weighted by Gasteiger charge is -2.22. The highest BCUT2D eigenvalue weighted by Crippen LogP contribution is 2.07. The maximum atomic E-state index is 11.8. The van der Waals surface area contributed by atoms with Gasteiger partial charge in [-0.3, -0.25) is 9.79 Å². The zero-order valence-corrected chi connectivity index (χ0v) is 18.4. The van der Waals surface area contributed by atoms with Gasteiger partial charge >= 0.3 is 0 Å². The van der Waals surface area contributed by atoms with E-state index in [1.165, 1.54) is 24.2 Å². The molecule has 2 N–H and O–H groups in total. The van der Waals surface area contributed by atoms with Crippen LogP contribution >= 0.6 is 35.3 Å². The zero-order chi connectivity index (χ0) is 17.6. The Bertz CT molecular complexity index is 505. The second-order valence-corrected chi connectivity index (χ2v) is 6.57. The summed E-state index contributed by atoms with van der Waals surface area (Å²) in [6.45, 7) is 6.18. The van der Waals surface area contributed by atoms with Crippen LogP contribution in [0.3, 0.4) is 0 Å². The fourth-order valence-electron chi connectivity index (χ4n) is 2.29. The summed E-state index contributed by atoms with van der Waals surface area (Å²) in [5, 5.41) is 8.18. The van der Waals surface area contributed by atoms with E-state index < -0.39 is 0 Å². The highest BCUT2D eigenvalue weighted by molar-refractivity contribution is 14.0. The van der Waals surface area contributed by atoms with Crippen LogP contribution in [0.4, 0.5) is 0 Å². The first-order valence-corrected chi connectivity index (χ1v) is 9.41. The number of carbonyl (C=O) groups is 1. The first kappa shape index (κ1) is 23.9. The van der Waals surface area contributed by atoms with Crippen molar-refractivity contribution >= 4 is 47.2 Å². The van der Waals surface area contributed by atoms with Crippen LogP contribution in [0.5, 0.6) is 0 Å². The van der Waals surface area contributed by atoms with Gasteiger partial charge in [0, 0.05) is 33.7 Å². The van der Waals surface area contributed by atoms with Gasteiger partial charge in [-0.15, -0.1) is 41.9 Å². The van der Waals surface area contributed by atoms with Gasteiger partial charge in [-0.1, -0.05) is 18.6 Å². The third-order valence-electron chi connectivity index (χ3n) is 3.64. The average molecular weight is 478 g/mol. The monoisotopic (exact) mass is 478 g/mol. The molecule has 0 aliphatic rings. The van der Waals surface area contributed by atoms with Crippen LogP contribution in [0, 0.1) is 0 Å². The van der Waals surface area contributed by atoms with Crippen LogP contribution < -0.4 is 10.6 Å². The van der Waals surface area contributed by atoms with Gasteiger partial charge in [-0.05, 0) is 37.1 Å². The van der Waals surface area contributed by atoms with Crippen molar-refractivity contribution in [2.24, 2.45) is 4.99 Å². The van der Waals surface area contributed by atoms with E-state index in [4.69, 9.17) is 0 Å². The predicted molar refractivity (Wildman–Crippen MR) is 119 cm³/mol. The summed E-state index contributed by atoms with van der Waals surface area (Å²) in [5.74, 6) is 0.911. The molecule has 1 heterocycles. The van der Waals surface area contributed by atoms with E-state index in [0.717, 1.165) is 43.2 Å². The van der Waals surface area contributed by atoms with E-state index in [1.54, 1.807) is 7.05 Å². The second-order valence-electron chi connectivity index (χ2n) is 5.62. The van der Waals surface area contributed by atoms with Gasteiger partial charge in [0.2, 0.25) is 0 Å². The minimum Gasteiger partial charge on any atom is -0.356 e. The Kier molecular flexibility index (Phi) is 14.5. The Hall–Kier alpha value is -1.09. The largest absolute Gasteiger partial charge is 0.356 e. The summed E-state index contributed by atoms with van der Waals surface area (Å²) in [7, 11) is 3.86. The van der Waals surface area contributed by atoms with Gasteiger partial charge in [0.15, 0.2) is 5.96 Å². The number of hydrogen-bond donors (Lipinski definition) is 2. The molecule has 25 heavy (non-hydrogen) atoms. The molecule has 0 saturated carbocycles. The summed E-state index contributed by atoms with van der Waals surface area (Å²) in [6.07, 6.45) is 7.50. The van der Waals surface area contributed by atoms with E-state index in [9.17, 15) is 4.79 Å². The van der Waals surface area contributed by atoms with Gasteiger partial charge < -0.3 is 15.5 Å². The van der Waals surface area contributed by atoms with Crippen molar-refractivity contribution in [1.29, 1.82) is 0 Å². The normalized spacial score (nSPS) is 10.7. The molecule has 142 valence electrons. The Morgan fingerprint density at radius 1 is 1.28 bits per heavy atom. The molecule has 0 aromatic carbocycles. The summed E-state index contributed by atoms with van der Waals surface area (Å²) in [6, 6.07) is 3.72. The maximum Gasteiger partial charge on any atom is 0.261 e. The zero-order valence-electron chi connectivity index (χ0n) is 15.3. The number of allylic oxidation sites excluding steroid dienone is 1. The predicted octanol–water partition coefficient (Wildman–Crippen LogP) is 3.74. The lowest BCUT2D eigenvalue weighted by Crippen LogP contribution is -2.40. The number of nitrogens with one attached hydrogen (secondary N) is 2. The SMILES string of the molecule is C=CCCCCCN(C)C(=NC)NCCCNC(=O)c1cccs1.I. The fourth-order valence-corrected chi connectivity index (χ4v) is 2.93.